The van der Waals surface area contributed by atoms with Crippen LogP contribution in [-0.2, 0) is 14.4 Å². The zero-order valence-corrected chi connectivity index (χ0v) is 8.80. The first-order valence-corrected chi connectivity index (χ1v) is 4.60. The third-order valence-electron chi connectivity index (χ3n) is 1.67. The highest BCUT2D eigenvalue weighted by Crippen LogP contribution is 1.97. The minimum absolute atomic E-state index is 0.255. The smallest absolute Gasteiger partial charge is 0.326 e. The molecule has 1 atom stereocenters. The van der Waals surface area contributed by atoms with E-state index in [0.29, 0.717) is 0 Å². The summed E-state index contributed by atoms with van der Waals surface area (Å²) in [6, 6.07) is -2.24. The number of urea groups is 1. The number of carboxylic acids is 2. The number of hydrogen-bond donors (Lipinski definition) is 5. The first-order valence-electron chi connectivity index (χ1n) is 4.60. The summed E-state index contributed by atoms with van der Waals surface area (Å²) in [6.45, 7) is -0.433. The lowest BCUT2D eigenvalue weighted by Gasteiger charge is -2.13. The number of amides is 3. The predicted octanol–water partition coefficient (Wildman–Crippen LogP) is -1.91. The molecule has 0 saturated heterocycles. The van der Waals surface area contributed by atoms with Crippen molar-refractivity contribution in [2.45, 2.75) is 18.9 Å². The summed E-state index contributed by atoms with van der Waals surface area (Å²) >= 11 is 0. The zero-order valence-electron chi connectivity index (χ0n) is 8.80. The lowest BCUT2D eigenvalue weighted by Crippen LogP contribution is -2.48. The van der Waals surface area contributed by atoms with E-state index in [1.165, 1.54) is 0 Å². The van der Waals surface area contributed by atoms with Gasteiger partial charge in [0, 0.05) is 6.42 Å². The van der Waals surface area contributed by atoms with Crippen LogP contribution in [-0.4, -0.2) is 46.7 Å². The average Bonchev–Trinajstić information content (AvgIpc) is 2.20. The van der Waals surface area contributed by atoms with Crippen LogP contribution in [0.4, 0.5) is 4.79 Å². The van der Waals surface area contributed by atoms with Crippen LogP contribution in [0.25, 0.3) is 0 Å². The Morgan fingerprint density at radius 2 is 1.76 bits per heavy atom. The van der Waals surface area contributed by atoms with E-state index in [9.17, 15) is 19.2 Å². The van der Waals surface area contributed by atoms with E-state index in [4.69, 9.17) is 15.9 Å². The molecule has 0 spiro atoms. The van der Waals surface area contributed by atoms with Gasteiger partial charge in [-0.2, -0.15) is 0 Å². The van der Waals surface area contributed by atoms with Crippen LogP contribution < -0.4 is 16.4 Å². The van der Waals surface area contributed by atoms with Gasteiger partial charge in [-0.25, -0.2) is 9.59 Å². The molecule has 0 unspecified atom stereocenters. The van der Waals surface area contributed by atoms with E-state index in [2.05, 4.69) is 0 Å². The second-order valence-electron chi connectivity index (χ2n) is 3.12. The van der Waals surface area contributed by atoms with Crippen molar-refractivity contribution in [3.05, 3.63) is 0 Å². The van der Waals surface area contributed by atoms with Crippen molar-refractivity contribution in [3.8, 4) is 0 Å². The summed E-state index contributed by atoms with van der Waals surface area (Å²) in [5.74, 6) is -3.31. The molecular formula is C8H13N3O6. The summed E-state index contributed by atoms with van der Waals surface area (Å²) in [6.07, 6.45) is -0.651. The molecule has 0 aromatic heterocycles. The molecule has 6 N–H and O–H groups in total. The molecule has 0 saturated carbocycles. The molecule has 96 valence electrons. The molecule has 9 heteroatoms. The highest BCUT2D eigenvalue weighted by atomic mass is 16.4. The largest absolute Gasteiger partial charge is 0.481 e. The van der Waals surface area contributed by atoms with Gasteiger partial charge in [0.1, 0.15) is 6.04 Å². The molecule has 0 bridgehead atoms. The monoisotopic (exact) mass is 247 g/mol. The van der Waals surface area contributed by atoms with Crippen LogP contribution in [0.5, 0.6) is 0 Å². The number of rotatable bonds is 7. The second-order valence-corrected chi connectivity index (χ2v) is 3.12. The molecule has 0 aliphatic carbocycles. The normalized spacial score (nSPS) is 11.3. The molecule has 0 aliphatic rings. The summed E-state index contributed by atoms with van der Waals surface area (Å²) in [5, 5.41) is 21.1. The second kappa shape index (κ2) is 7.04. The summed E-state index contributed by atoms with van der Waals surface area (Å²) in [4.78, 5) is 42.3. The predicted molar refractivity (Wildman–Crippen MR) is 54.0 cm³/mol. The fraction of sp³-hybridized carbons (Fsp3) is 0.500. The number of hydrogen-bond acceptors (Lipinski definition) is 4. The van der Waals surface area contributed by atoms with Crippen molar-refractivity contribution >= 4 is 23.9 Å². The van der Waals surface area contributed by atoms with E-state index in [0.717, 1.165) is 0 Å². The topological polar surface area (TPSA) is 159 Å². The molecule has 0 radical (unpaired) electrons. The lowest BCUT2D eigenvalue weighted by atomic mass is 10.1. The summed E-state index contributed by atoms with van der Waals surface area (Å²) in [5.41, 5.74) is 4.75. The minimum Gasteiger partial charge on any atom is -0.481 e. The van der Waals surface area contributed by atoms with Gasteiger partial charge < -0.3 is 26.6 Å². The Hall–Kier alpha value is -2.32. The third-order valence-corrected chi connectivity index (χ3v) is 1.67. The van der Waals surface area contributed by atoms with E-state index in [1.54, 1.807) is 0 Å². The van der Waals surface area contributed by atoms with Gasteiger partial charge in [-0.3, -0.25) is 9.59 Å². The molecule has 0 fully saturated rings. The molecule has 0 aromatic carbocycles. The Morgan fingerprint density at radius 3 is 2.18 bits per heavy atom. The van der Waals surface area contributed by atoms with Gasteiger partial charge in [0.25, 0.3) is 0 Å². The maximum absolute atomic E-state index is 11.1. The quantitative estimate of drug-likeness (QED) is 0.353. The van der Waals surface area contributed by atoms with Crippen LogP contribution >= 0.6 is 0 Å². The van der Waals surface area contributed by atoms with Crippen molar-refractivity contribution in [2.24, 2.45) is 5.73 Å². The maximum atomic E-state index is 11.1. The number of aliphatic carboxylic acids is 2. The molecule has 0 rings (SSSR count). The lowest BCUT2D eigenvalue weighted by molar-refractivity contribution is -0.140. The molecular weight excluding hydrogens is 234 g/mol. The van der Waals surface area contributed by atoms with E-state index in [-0.39, 0.29) is 6.42 Å². The summed E-state index contributed by atoms with van der Waals surface area (Å²) in [7, 11) is 0. The van der Waals surface area contributed by atoms with Crippen molar-refractivity contribution < 1.29 is 29.4 Å². The number of carboxylic acid groups (broad SMARTS) is 2. The Labute approximate surface area is 96.0 Å². The van der Waals surface area contributed by atoms with Gasteiger partial charge >= 0.3 is 18.0 Å². The molecule has 17 heavy (non-hydrogen) atoms. The first kappa shape index (κ1) is 14.7. The number of carbonyl (C=O) groups is 4. The number of carbonyl (C=O) groups excluding carboxylic acids is 2. The SMILES string of the molecule is NC(=O)CNC(=O)N[C@@H](CCC(=O)O)C(=O)O. The molecule has 0 aliphatic heterocycles. The van der Waals surface area contributed by atoms with Crippen molar-refractivity contribution in [3.63, 3.8) is 0 Å². The van der Waals surface area contributed by atoms with Crippen LogP contribution in [0.3, 0.4) is 0 Å². The fourth-order valence-electron chi connectivity index (χ4n) is 0.902. The van der Waals surface area contributed by atoms with Crippen LogP contribution in [0.2, 0.25) is 0 Å². The highest BCUT2D eigenvalue weighted by molar-refractivity contribution is 5.86. The molecule has 3 amide bonds. The zero-order chi connectivity index (χ0) is 13.4. The fourth-order valence-corrected chi connectivity index (χ4v) is 0.902. The van der Waals surface area contributed by atoms with Gasteiger partial charge in [-0.05, 0) is 6.42 Å². The van der Waals surface area contributed by atoms with Crippen LogP contribution in [0.1, 0.15) is 12.8 Å². The van der Waals surface area contributed by atoms with Gasteiger partial charge in [-0.1, -0.05) is 0 Å². The minimum atomic E-state index is -1.36. The Morgan fingerprint density at radius 1 is 1.18 bits per heavy atom. The molecule has 0 aromatic rings. The highest BCUT2D eigenvalue weighted by Gasteiger charge is 2.20. The van der Waals surface area contributed by atoms with E-state index in [1.807, 2.05) is 10.6 Å². The first-order chi connectivity index (χ1) is 7.82. The maximum Gasteiger partial charge on any atom is 0.326 e. The van der Waals surface area contributed by atoms with E-state index >= 15 is 0 Å². The van der Waals surface area contributed by atoms with Crippen LogP contribution in [0, 0.1) is 0 Å². The Bertz CT molecular complexity index is 329. The van der Waals surface area contributed by atoms with Crippen LogP contribution in [0.15, 0.2) is 0 Å². The third kappa shape index (κ3) is 7.59. The van der Waals surface area contributed by atoms with Gasteiger partial charge in [0.15, 0.2) is 0 Å². The standard InChI is InChI=1S/C8H13N3O6/c9-5(12)3-10-8(17)11-4(7(15)16)1-2-6(13)14/h4H,1-3H2,(H2,9,12)(H,13,14)(H,15,16)(H2,10,11,17)/t4-/m0/s1. The van der Waals surface area contributed by atoms with Gasteiger partial charge in [-0.15, -0.1) is 0 Å². The number of nitrogens with one attached hydrogen (secondary N) is 2. The van der Waals surface area contributed by atoms with Gasteiger partial charge in [0.2, 0.25) is 5.91 Å². The Kier molecular flexibility index (Phi) is 6.08. The molecule has 0 heterocycles. The summed E-state index contributed by atoms with van der Waals surface area (Å²) < 4.78 is 0. The van der Waals surface area contributed by atoms with Crippen molar-refractivity contribution in [1.29, 1.82) is 0 Å². The number of nitrogens with two attached hydrogens (primary N) is 1. The van der Waals surface area contributed by atoms with Gasteiger partial charge in [0.05, 0.1) is 6.54 Å². The average molecular weight is 247 g/mol. The van der Waals surface area contributed by atoms with Crippen molar-refractivity contribution in [1.82, 2.24) is 10.6 Å². The number of primary amides is 1. The Balaban J connectivity index is 4.15. The van der Waals surface area contributed by atoms with Crippen molar-refractivity contribution in [2.75, 3.05) is 6.54 Å². The molecule has 9 nitrogen and oxygen atoms in total. The van der Waals surface area contributed by atoms with E-state index < -0.39 is 42.9 Å².